The Morgan fingerprint density at radius 3 is 2.52 bits per heavy atom. The number of hydrogen-bond donors (Lipinski definition) is 1. The molecule has 6 heteroatoms. The van der Waals surface area contributed by atoms with E-state index in [0.717, 1.165) is 42.5 Å². The molecule has 152 valence electrons. The van der Waals surface area contributed by atoms with Crippen molar-refractivity contribution in [1.29, 1.82) is 0 Å². The summed E-state index contributed by atoms with van der Waals surface area (Å²) in [7, 11) is -3.45. The zero-order valence-electron chi connectivity index (χ0n) is 16.2. The van der Waals surface area contributed by atoms with Gasteiger partial charge in [0.2, 0.25) is 10.0 Å². The van der Waals surface area contributed by atoms with E-state index in [2.05, 4.69) is 17.5 Å². The van der Waals surface area contributed by atoms with Gasteiger partial charge in [0.05, 0.1) is 10.9 Å². The van der Waals surface area contributed by atoms with E-state index in [4.69, 9.17) is 0 Å². The fourth-order valence-electron chi connectivity index (χ4n) is 4.99. The van der Waals surface area contributed by atoms with Crippen LogP contribution in [0.1, 0.15) is 48.8 Å². The van der Waals surface area contributed by atoms with Gasteiger partial charge in [0.25, 0.3) is 0 Å². The fourth-order valence-corrected chi connectivity index (χ4v) is 6.54. The minimum atomic E-state index is -3.45. The van der Waals surface area contributed by atoms with E-state index in [1.54, 1.807) is 10.4 Å². The van der Waals surface area contributed by atoms with Crippen LogP contribution in [0, 0.1) is 11.7 Å². The summed E-state index contributed by atoms with van der Waals surface area (Å²) in [6.45, 7) is 1.21. The molecule has 2 aliphatic heterocycles. The highest BCUT2D eigenvalue weighted by atomic mass is 32.2. The van der Waals surface area contributed by atoms with Crippen LogP contribution in [0.3, 0.4) is 0 Å². The molecule has 2 aromatic rings. The second kappa shape index (κ2) is 7.26. The predicted octanol–water partition coefficient (Wildman–Crippen LogP) is 4.83. The number of hydrogen-bond acceptors (Lipinski definition) is 3. The van der Waals surface area contributed by atoms with Crippen molar-refractivity contribution < 1.29 is 12.8 Å². The van der Waals surface area contributed by atoms with Gasteiger partial charge in [0.15, 0.2) is 0 Å². The van der Waals surface area contributed by atoms with Crippen LogP contribution in [-0.4, -0.2) is 25.8 Å². The van der Waals surface area contributed by atoms with Crippen LogP contribution in [0.15, 0.2) is 59.5 Å². The minimum absolute atomic E-state index is 0.0765. The molecule has 1 N–H and O–H groups in total. The molecule has 29 heavy (non-hydrogen) atoms. The van der Waals surface area contributed by atoms with Gasteiger partial charge in [-0.25, -0.2) is 12.8 Å². The summed E-state index contributed by atoms with van der Waals surface area (Å²) >= 11 is 0. The van der Waals surface area contributed by atoms with Crippen LogP contribution in [0.25, 0.3) is 0 Å². The van der Waals surface area contributed by atoms with Gasteiger partial charge in [-0.15, -0.1) is 0 Å². The van der Waals surface area contributed by atoms with E-state index in [0.29, 0.717) is 23.9 Å². The van der Waals surface area contributed by atoms with E-state index in [9.17, 15) is 12.8 Å². The molecular formula is C23H25FN2O2S. The first kappa shape index (κ1) is 18.8. The lowest BCUT2D eigenvalue weighted by Crippen LogP contribution is -2.36. The number of allylic oxidation sites excluding steroid dienone is 2. The van der Waals surface area contributed by atoms with Crippen molar-refractivity contribution in [3.8, 4) is 0 Å². The topological polar surface area (TPSA) is 49.4 Å². The van der Waals surface area contributed by atoms with Crippen LogP contribution in [0.5, 0.6) is 0 Å². The van der Waals surface area contributed by atoms with Crippen molar-refractivity contribution in [3.05, 3.63) is 71.6 Å². The molecule has 0 saturated carbocycles. The van der Waals surface area contributed by atoms with Gasteiger partial charge >= 0.3 is 0 Å². The van der Waals surface area contributed by atoms with Crippen molar-refractivity contribution in [2.24, 2.45) is 5.92 Å². The zero-order chi connectivity index (χ0) is 20.0. The van der Waals surface area contributed by atoms with Crippen molar-refractivity contribution in [3.63, 3.8) is 0 Å². The number of anilines is 1. The molecule has 0 aromatic heterocycles. The molecule has 2 heterocycles. The normalized spacial score (nSPS) is 26.6. The van der Waals surface area contributed by atoms with Crippen LogP contribution < -0.4 is 5.32 Å². The largest absolute Gasteiger partial charge is 0.378 e. The van der Waals surface area contributed by atoms with Gasteiger partial charge in [-0.2, -0.15) is 4.31 Å². The first-order valence-electron chi connectivity index (χ1n) is 10.4. The molecule has 0 bridgehead atoms. The zero-order valence-corrected chi connectivity index (χ0v) is 17.0. The molecule has 3 atom stereocenters. The Morgan fingerprint density at radius 1 is 1.00 bits per heavy atom. The van der Waals surface area contributed by atoms with Crippen LogP contribution in [-0.2, 0) is 10.0 Å². The monoisotopic (exact) mass is 412 g/mol. The molecule has 1 saturated heterocycles. The number of nitrogens with zero attached hydrogens (tertiary/aromatic N) is 1. The first-order valence-corrected chi connectivity index (χ1v) is 11.8. The molecule has 0 radical (unpaired) electrons. The summed E-state index contributed by atoms with van der Waals surface area (Å²) in [6.07, 6.45) is 8.24. The second-order valence-corrected chi connectivity index (χ2v) is 10.2. The number of benzene rings is 2. The Hall–Kier alpha value is -2.18. The van der Waals surface area contributed by atoms with E-state index >= 15 is 0 Å². The van der Waals surface area contributed by atoms with Crippen molar-refractivity contribution in [2.75, 3.05) is 18.4 Å². The molecule has 5 rings (SSSR count). The maximum Gasteiger partial charge on any atom is 0.243 e. The molecule has 4 nitrogen and oxygen atoms in total. The van der Waals surface area contributed by atoms with Crippen molar-refractivity contribution in [1.82, 2.24) is 4.31 Å². The average molecular weight is 413 g/mol. The molecule has 0 spiro atoms. The summed E-state index contributed by atoms with van der Waals surface area (Å²) in [4.78, 5) is 0.388. The summed E-state index contributed by atoms with van der Waals surface area (Å²) in [5.41, 5.74) is 3.06. The Bertz CT molecular complexity index is 1040. The Kier molecular flexibility index (Phi) is 4.71. The number of nitrogens with one attached hydrogen (secondary N) is 1. The van der Waals surface area contributed by atoms with Gasteiger partial charge in [-0.1, -0.05) is 30.7 Å². The molecule has 2 aromatic carbocycles. The van der Waals surface area contributed by atoms with Crippen LogP contribution in [0.4, 0.5) is 10.1 Å². The number of sulfonamides is 1. The van der Waals surface area contributed by atoms with E-state index in [1.165, 1.54) is 12.1 Å². The number of piperidine rings is 1. The van der Waals surface area contributed by atoms with Gasteiger partial charge in [-0.3, -0.25) is 0 Å². The highest BCUT2D eigenvalue weighted by molar-refractivity contribution is 7.89. The van der Waals surface area contributed by atoms with Gasteiger partial charge < -0.3 is 5.32 Å². The third-order valence-electron chi connectivity index (χ3n) is 6.52. The molecule has 0 amide bonds. The Morgan fingerprint density at radius 2 is 1.76 bits per heavy atom. The molecule has 3 unspecified atom stereocenters. The number of fused-ring (bicyclic) bond motifs is 3. The van der Waals surface area contributed by atoms with Crippen LogP contribution >= 0.6 is 0 Å². The predicted molar refractivity (Wildman–Crippen MR) is 112 cm³/mol. The quantitative estimate of drug-likeness (QED) is 0.735. The summed E-state index contributed by atoms with van der Waals surface area (Å²) < 4.78 is 41.3. The second-order valence-electron chi connectivity index (χ2n) is 8.24. The van der Waals surface area contributed by atoms with Crippen molar-refractivity contribution >= 4 is 15.7 Å². The highest BCUT2D eigenvalue weighted by Crippen LogP contribution is 2.50. The third kappa shape index (κ3) is 3.28. The summed E-state index contributed by atoms with van der Waals surface area (Å²) in [5, 5.41) is 3.59. The van der Waals surface area contributed by atoms with E-state index < -0.39 is 10.0 Å². The molecule has 1 fully saturated rings. The average Bonchev–Trinajstić information content (AvgIpc) is 3.24. The van der Waals surface area contributed by atoms with E-state index in [1.807, 2.05) is 24.3 Å². The molecule has 1 aliphatic carbocycles. The van der Waals surface area contributed by atoms with Crippen LogP contribution in [0.2, 0.25) is 0 Å². The lowest BCUT2D eigenvalue weighted by Gasteiger charge is -2.38. The fraction of sp³-hybridized carbons (Fsp3) is 0.391. The minimum Gasteiger partial charge on any atom is -0.378 e. The Balaban J connectivity index is 1.51. The maximum absolute atomic E-state index is 13.4. The third-order valence-corrected chi connectivity index (χ3v) is 8.41. The Labute approximate surface area is 171 Å². The molecular weight excluding hydrogens is 387 g/mol. The summed E-state index contributed by atoms with van der Waals surface area (Å²) in [5.74, 6) is 0.220. The first-order chi connectivity index (χ1) is 14.0. The highest BCUT2D eigenvalue weighted by Gasteiger charge is 2.39. The standard InChI is InChI=1S/C23H25FN2O2S/c24-17-9-7-16(8-10-17)23-20-6-4-5-19(20)21-15-18(11-12-22(21)25-23)29(27,28)26-13-2-1-3-14-26/h4-5,7-12,15,19-20,23,25H,1-3,6,13-14H2. The lowest BCUT2D eigenvalue weighted by molar-refractivity contribution is 0.346. The molecule has 3 aliphatic rings. The summed E-state index contributed by atoms with van der Waals surface area (Å²) in [6, 6.07) is 12.2. The van der Waals surface area contributed by atoms with Gasteiger partial charge in [0.1, 0.15) is 5.82 Å². The lowest BCUT2D eigenvalue weighted by atomic mass is 9.77. The maximum atomic E-state index is 13.4. The SMILES string of the molecule is O=S(=O)(c1ccc2c(c1)C1C=CCC1C(c1ccc(F)cc1)N2)N1CCCCC1. The number of rotatable bonds is 3. The van der Waals surface area contributed by atoms with E-state index in [-0.39, 0.29) is 17.8 Å². The van der Waals surface area contributed by atoms with Gasteiger partial charge in [0, 0.05) is 24.7 Å². The van der Waals surface area contributed by atoms with Gasteiger partial charge in [-0.05, 0) is 66.6 Å². The van der Waals surface area contributed by atoms with Crippen molar-refractivity contribution in [2.45, 2.75) is 42.5 Å². The smallest absolute Gasteiger partial charge is 0.243 e. The number of halogens is 1.